The third-order valence-electron chi connectivity index (χ3n) is 1.48. The molecule has 0 aliphatic carbocycles. The molecule has 74 valence electrons. The number of carbonyl (C=O) groups excluding carboxylic acids is 1. The van der Waals surface area contributed by atoms with Gasteiger partial charge >= 0.3 is 14.0 Å². The molecule has 5 heteroatoms. The normalized spacial score (nSPS) is 13.3. The molecule has 2 unspecified atom stereocenters. The minimum absolute atomic E-state index is 0.121. The molecule has 2 atom stereocenters. The second kappa shape index (κ2) is 5.84. The SMILES string of the molecule is C=C(C)C(=O)OCCC(C)[P+](=O)[O-]. The highest BCUT2D eigenvalue weighted by Crippen LogP contribution is 2.19. The number of rotatable bonds is 5. The molecule has 0 amide bonds. The molecular weight excluding hydrogens is 191 g/mol. The summed E-state index contributed by atoms with van der Waals surface area (Å²) < 4.78 is 15.1. The first-order valence-electron chi connectivity index (χ1n) is 3.91. The van der Waals surface area contributed by atoms with Crippen molar-refractivity contribution in [2.24, 2.45) is 0 Å². The molecule has 0 N–H and O–H groups in total. The van der Waals surface area contributed by atoms with E-state index in [1.807, 2.05) is 0 Å². The van der Waals surface area contributed by atoms with Gasteiger partial charge in [-0.2, -0.15) is 0 Å². The molecule has 0 aromatic heterocycles. The van der Waals surface area contributed by atoms with Gasteiger partial charge in [0.15, 0.2) is 5.66 Å². The van der Waals surface area contributed by atoms with Crippen molar-refractivity contribution in [3.05, 3.63) is 12.2 Å². The monoisotopic (exact) mass is 204 g/mol. The van der Waals surface area contributed by atoms with Crippen molar-refractivity contribution < 1.29 is 19.0 Å². The number of ether oxygens (including phenoxy) is 1. The lowest BCUT2D eigenvalue weighted by Gasteiger charge is -2.04. The number of hydrogen-bond donors (Lipinski definition) is 0. The fourth-order valence-electron chi connectivity index (χ4n) is 0.551. The summed E-state index contributed by atoms with van der Waals surface area (Å²) in [6.45, 7) is 6.63. The molecule has 0 rings (SSSR count). The van der Waals surface area contributed by atoms with E-state index in [9.17, 15) is 14.3 Å². The summed E-state index contributed by atoms with van der Waals surface area (Å²) in [6.07, 6.45) is 0.331. The number of hydrogen-bond acceptors (Lipinski definition) is 4. The van der Waals surface area contributed by atoms with E-state index >= 15 is 0 Å². The lowest BCUT2D eigenvalue weighted by Crippen LogP contribution is -2.11. The van der Waals surface area contributed by atoms with Crippen molar-refractivity contribution in [3.63, 3.8) is 0 Å². The van der Waals surface area contributed by atoms with Crippen molar-refractivity contribution in [3.8, 4) is 0 Å². The van der Waals surface area contributed by atoms with E-state index in [4.69, 9.17) is 4.74 Å². The first-order chi connectivity index (χ1) is 5.95. The maximum atomic E-state index is 10.8. The smallest absolute Gasteiger partial charge is 0.333 e. The first kappa shape index (κ1) is 12.3. The van der Waals surface area contributed by atoms with Crippen LogP contribution in [0.25, 0.3) is 0 Å². The van der Waals surface area contributed by atoms with Crippen molar-refractivity contribution in [1.29, 1.82) is 0 Å². The zero-order valence-electron chi connectivity index (χ0n) is 7.78. The Morgan fingerprint density at radius 1 is 1.69 bits per heavy atom. The van der Waals surface area contributed by atoms with Gasteiger partial charge in [-0.25, -0.2) is 4.79 Å². The van der Waals surface area contributed by atoms with E-state index in [1.165, 1.54) is 0 Å². The van der Waals surface area contributed by atoms with E-state index < -0.39 is 19.7 Å². The van der Waals surface area contributed by atoms with E-state index in [2.05, 4.69) is 6.58 Å². The van der Waals surface area contributed by atoms with E-state index in [1.54, 1.807) is 13.8 Å². The van der Waals surface area contributed by atoms with Crippen LogP contribution >= 0.6 is 8.03 Å². The van der Waals surface area contributed by atoms with Gasteiger partial charge in [-0.15, -0.1) is 0 Å². The summed E-state index contributed by atoms with van der Waals surface area (Å²) in [4.78, 5) is 21.2. The van der Waals surface area contributed by atoms with Crippen LogP contribution in [0.2, 0.25) is 0 Å². The third kappa shape index (κ3) is 5.50. The molecule has 0 aliphatic rings. The van der Waals surface area contributed by atoms with Crippen LogP contribution in [-0.2, 0) is 14.1 Å². The van der Waals surface area contributed by atoms with Gasteiger partial charge in [0, 0.05) is 12.0 Å². The molecule has 0 saturated heterocycles. The molecule has 0 aromatic rings. The van der Waals surface area contributed by atoms with Crippen LogP contribution in [0.4, 0.5) is 0 Å². The Morgan fingerprint density at radius 2 is 2.23 bits per heavy atom. The van der Waals surface area contributed by atoms with E-state index in [0.717, 1.165) is 0 Å². The lowest BCUT2D eigenvalue weighted by atomic mass is 10.3. The fraction of sp³-hybridized carbons (Fsp3) is 0.625. The topological polar surface area (TPSA) is 66.4 Å². The molecule has 0 heterocycles. The highest BCUT2D eigenvalue weighted by molar-refractivity contribution is 7.37. The maximum absolute atomic E-state index is 10.8. The van der Waals surface area contributed by atoms with Gasteiger partial charge in [0.25, 0.3) is 0 Å². The Balaban J connectivity index is 3.62. The van der Waals surface area contributed by atoms with Gasteiger partial charge in [-0.3, -0.25) is 0 Å². The zero-order chi connectivity index (χ0) is 10.4. The summed E-state index contributed by atoms with van der Waals surface area (Å²) >= 11 is 0. The predicted molar refractivity (Wildman–Crippen MR) is 47.5 cm³/mol. The molecule has 0 aromatic carbocycles. The standard InChI is InChI=1S/C8H13O4P/c1-6(2)8(9)12-5-4-7(3)13(10)11/h7H,1,4-5H2,2-3H3. The highest BCUT2D eigenvalue weighted by Gasteiger charge is 2.15. The number of esters is 1. The fourth-order valence-corrected chi connectivity index (χ4v) is 0.867. The van der Waals surface area contributed by atoms with Crippen LogP contribution in [0.1, 0.15) is 20.3 Å². The molecule has 0 saturated carbocycles. The summed E-state index contributed by atoms with van der Waals surface area (Å²) in [5, 5.41) is 0. The highest BCUT2D eigenvalue weighted by atomic mass is 31.1. The van der Waals surface area contributed by atoms with E-state index in [0.29, 0.717) is 12.0 Å². The molecule has 0 bridgehead atoms. The Bertz CT molecular complexity index is 224. The largest absolute Gasteiger partial charge is 0.595 e. The average molecular weight is 204 g/mol. The molecule has 0 spiro atoms. The van der Waals surface area contributed by atoms with Crippen molar-refractivity contribution in [1.82, 2.24) is 0 Å². The quantitative estimate of drug-likeness (QED) is 0.380. The Hall–Kier alpha value is -0.730. The molecule has 0 radical (unpaired) electrons. The molecule has 0 fully saturated rings. The van der Waals surface area contributed by atoms with Gasteiger partial charge in [-0.1, -0.05) is 11.1 Å². The van der Waals surface area contributed by atoms with Crippen LogP contribution in [0.5, 0.6) is 0 Å². The molecule has 0 aliphatic heterocycles. The van der Waals surface area contributed by atoms with Crippen molar-refractivity contribution >= 4 is 14.0 Å². The first-order valence-corrected chi connectivity index (χ1v) is 5.16. The Labute approximate surface area is 78.5 Å². The minimum atomic E-state index is -2.42. The van der Waals surface area contributed by atoms with Crippen molar-refractivity contribution in [2.45, 2.75) is 25.9 Å². The van der Waals surface area contributed by atoms with Gasteiger partial charge in [0.05, 0.1) is 6.61 Å². The van der Waals surface area contributed by atoms with Gasteiger partial charge < -0.3 is 9.63 Å². The average Bonchev–Trinajstić information content (AvgIpc) is 2.03. The van der Waals surface area contributed by atoms with E-state index in [-0.39, 0.29) is 6.61 Å². The lowest BCUT2D eigenvalue weighted by molar-refractivity contribution is -0.166. The van der Waals surface area contributed by atoms with Crippen molar-refractivity contribution in [2.75, 3.05) is 6.61 Å². The van der Waals surface area contributed by atoms with Crippen LogP contribution in [-0.4, -0.2) is 18.2 Å². The van der Waals surface area contributed by atoms with Gasteiger partial charge in [0.2, 0.25) is 0 Å². The summed E-state index contributed by atoms with van der Waals surface area (Å²) in [7, 11) is -2.42. The summed E-state index contributed by atoms with van der Waals surface area (Å²) in [5.74, 6) is -0.478. The molecule has 4 nitrogen and oxygen atoms in total. The molecular formula is C8H13O4P. The van der Waals surface area contributed by atoms with Gasteiger partial charge in [0.1, 0.15) is 0 Å². The second-order valence-electron chi connectivity index (χ2n) is 2.84. The van der Waals surface area contributed by atoms with Crippen LogP contribution in [0, 0.1) is 0 Å². The zero-order valence-corrected chi connectivity index (χ0v) is 8.67. The predicted octanol–water partition coefficient (Wildman–Crippen LogP) is 0.987. The minimum Gasteiger partial charge on any atom is -0.595 e. The second-order valence-corrected chi connectivity index (χ2v) is 4.29. The maximum Gasteiger partial charge on any atom is 0.333 e. The van der Waals surface area contributed by atoms with Crippen LogP contribution in [0.15, 0.2) is 12.2 Å². The Morgan fingerprint density at radius 3 is 2.62 bits per heavy atom. The van der Waals surface area contributed by atoms with Gasteiger partial charge in [-0.05, 0) is 13.8 Å². The summed E-state index contributed by atoms with van der Waals surface area (Å²) in [5.41, 5.74) is -0.132. The summed E-state index contributed by atoms with van der Waals surface area (Å²) in [6, 6.07) is 0. The Kier molecular flexibility index (Phi) is 5.51. The van der Waals surface area contributed by atoms with Crippen LogP contribution in [0.3, 0.4) is 0 Å². The van der Waals surface area contributed by atoms with Crippen LogP contribution < -0.4 is 4.89 Å². The number of carbonyl (C=O) groups is 1. The molecule has 13 heavy (non-hydrogen) atoms. The third-order valence-corrected chi connectivity index (χ3v) is 2.46.